The number of nitrogens with zero attached hydrogens (tertiary/aromatic N) is 4. The Bertz CT molecular complexity index is 861. The molecule has 0 spiro atoms. The fourth-order valence-electron chi connectivity index (χ4n) is 3.46. The number of benzene rings is 1. The summed E-state index contributed by atoms with van der Waals surface area (Å²) < 4.78 is 0. The van der Waals surface area contributed by atoms with Crippen molar-refractivity contribution >= 4 is 54.8 Å². The Labute approximate surface area is 207 Å². The Hall–Kier alpha value is -2.26. The van der Waals surface area contributed by atoms with Gasteiger partial charge in [0.2, 0.25) is 5.91 Å². The van der Waals surface area contributed by atoms with E-state index in [2.05, 4.69) is 28.1 Å². The highest BCUT2D eigenvalue weighted by Crippen LogP contribution is 2.17. The topological polar surface area (TPSA) is 109 Å². The highest BCUT2D eigenvalue weighted by molar-refractivity contribution is 5.86. The van der Waals surface area contributed by atoms with E-state index in [1.54, 1.807) is 6.92 Å². The van der Waals surface area contributed by atoms with Crippen molar-refractivity contribution in [3.8, 4) is 0 Å². The number of amides is 3. The van der Waals surface area contributed by atoms with Gasteiger partial charge in [-0.1, -0.05) is 24.3 Å². The maximum atomic E-state index is 11.4. The molecular formula is C21H31Cl3N6O2. The summed E-state index contributed by atoms with van der Waals surface area (Å²) >= 11 is 0. The third-order valence-electron chi connectivity index (χ3n) is 5.20. The molecule has 1 aliphatic rings. The predicted molar refractivity (Wildman–Crippen MR) is 134 cm³/mol. The highest BCUT2D eigenvalue weighted by Gasteiger charge is 2.18. The molecular weight excluding hydrogens is 475 g/mol. The average Bonchev–Trinajstić information content (AvgIpc) is 2.73. The third kappa shape index (κ3) is 8.35. The Morgan fingerprint density at radius 3 is 2.22 bits per heavy atom. The molecule has 0 radical (unpaired) electrons. The lowest BCUT2D eigenvalue weighted by Gasteiger charge is -2.35. The van der Waals surface area contributed by atoms with Crippen LogP contribution < -0.4 is 16.5 Å². The van der Waals surface area contributed by atoms with Crippen LogP contribution in [0.15, 0.2) is 42.6 Å². The van der Waals surface area contributed by atoms with Crippen LogP contribution in [0.5, 0.6) is 0 Å². The largest absolute Gasteiger partial charge is 0.367 e. The van der Waals surface area contributed by atoms with Gasteiger partial charge >= 0.3 is 6.03 Å². The predicted octanol–water partition coefficient (Wildman–Crippen LogP) is 2.56. The van der Waals surface area contributed by atoms with Gasteiger partial charge in [0, 0.05) is 38.8 Å². The summed E-state index contributed by atoms with van der Waals surface area (Å²) in [6, 6.07) is 11.5. The molecule has 1 saturated heterocycles. The van der Waals surface area contributed by atoms with Gasteiger partial charge in [-0.3, -0.25) is 14.8 Å². The average molecular weight is 506 g/mol. The number of urea groups is 1. The van der Waals surface area contributed by atoms with Crippen LogP contribution in [0.2, 0.25) is 0 Å². The second-order valence-electron chi connectivity index (χ2n) is 7.29. The Morgan fingerprint density at radius 1 is 1.00 bits per heavy atom. The number of aromatic nitrogens is 1. The number of carbonyl (C=O) groups excluding carboxylic acids is 2. The van der Waals surface area contributed by atoms with Crippen molar-refractivity contribution < 1.29 is 9.59 Å². The third-order valence-corrected chi connectivity index (χ3v) is 5.20. The van der Waals surface area contributed by atoms with E-state index in [0.29, 0.717) is 0 Å². The molecule has 0 aliphatic carbocycles. The van der Waals surface area contributed by atoms with Gasteiger partial charge in [-0.2, -0.15) is 0 Å². The molecule has 0 bridgehead atoms. The number of carbonyl (C=O) groups is 2. The van der Waals surface area contributed by atoms with E-state index in [1.807, 2.05) is 29.3 Å². The van der Waals surface area contributed by atoms with E-state index in [9.17, 15) is 9.59 Å². The van der Waals surface area contributed by atoms with E-state index in [1.165, 1.54) is 0 Å². The monoisotopic (exact) mass is 504 g/mol. The molecule has 0 atom stereocenters. The minimum atomic E-state index is -0.651. The maximum absolute atomic E-state index is 11.4. The zero-order valence-electron chi connectivity index (χ0n) is 18.0. The summed E-state index contributed by atoms with van der Waals surface area (Å²) in [6.45, 7) is 5.07. The number of rotatable bonds is 6. The van der Waals surface area contributed by atoms with Gasteiger partial charge in [0.1, 0.15) is 0 Å². The van der Waals surface area contributed by atoms with Crippen LogP contribution in [0, 0.1) is 0 Å². The highest BCUT2D eigenvalue weighted by atomic mass is 35.5. The van der Waals surface area contributed by atoms with Gasteiger partial charge in [-0.15, -0.1) is 37.2 Å². The normalized spacial score (nSPS) is 12.7. The number of pyridine rings is 1. The first-order valence-corrected chi connectivity index (χ1v) is 9.77. The first-order chi connectivity index (χ1) is 13.9. The Morgan fingerprint density at radius 2 is 1.66 bits per heavy atom. The first-order valence-electron chi connectivity index (χ1n) is 9.77. The Kier molecular flexibility index (Phi) is 13.0. The minimum Gasteiger partial charge on any atom is -0.367 e. The summed E-state index contributed by atoms with van der Waals surface area (Å²) in [6.07, 6.45) is 3.58. The summed E-state index contributed by atoms with van der Waals surface area (Å²) in [7, 11) is 0. The van der Waals surface area contributed by atoms with Crippen molar-refractivity contribution in [1.82, 2.24) is 14.9 Å². The molecule has 1 aromatic heterocycles. The van der Waals surface area contributed by atoms with Crippen LogP contribution in [-0.4, -0.2) is 53.0 Å². The molecule has 1 fully saturated rings. The summed E-state index contributed by atoms with van der Waals surface area (Å²) in [5, 5.41) is 0.996. The van der Waals surface area contributed by atoms with Gasteiger partial charge in [0.25, 0.3) is 0 Å². The fourth-order valence-corrected chi connectivity index (χ4v) is 3.46. The SMILES string of the molecule is CC(=O)N1CCN(c2ccc(CCc3cccc(CN(N)C(N)=O)c3)nc2)CC1.Cl.Cl.Cl. The summed E-state index contributed by atoms with van der Waals surface area (Å²) in [5.74, 6) is 5.72. The molecule has 0 unspecified atom stereocenters. The van der Waals surface area contributed by atoms with E-state index >= 15 is 0 Å². The van der Waals surface area contributed by atoms with Gasteiger partial charge in [-0.25, -0.2) is 10.6 Å². The quantitative estimate of drug-likeness (QED) is 0.356. The van der Waals surface area contributed by atoms with Crippen LogP contribution in [0.25, 0.3) is 0 Å². The number of nitrogens with two attached hydrogens (primary N) is 2. The molecule has 3 amide bonds. The lowest BCUT2D eigenvalue weighted by atomic mass is 10.0. The molecule has 2 heterocycles. The van der Waals surface area contributed by atoms with E-state index in [-0.39, 0.29) is 49.7 Å². The molecule has 1 aromatic carbocycles. The lowest BCUT2D eigenvalue weighted by Crippen LogP contribution is -2.48. The number of aryl methyl sites for hydroxylation is 2. The van der Waals surface area contributed by atoms with Crippen LogP contribution in [0.1, 0.15) is 23.7 Å². The van der Waals surface area contributed by atoms with Crippen molar-refractivity contribution in [1.29, 1.82) is 0 Å². The standard InChI is InChI=1S/C21H28N6O2.3ClH/c1-16(28)25-9-11-26(12-10-25)20-8-7-19(24-14-20)6-5-17-3-2-4-18(13-17)15-27(23)21(22)29;;;/h2-4,7-8,13-14H,5-6,9-12,15,23H2,1H3,(H2,22,29);3*1H. The van der Waals surface area contributed by atoms with Crippen LogP contribution in [0.4, 0.5) is 10.5 Å². The maximum Gasteiger partial charge on any atom is 0.329 e. The lowest BCUT2D eigenvalue weighted by molar-refractivity contribution is -0.129. The molecule has 0 saturated carbocycles. The number of hydrogen-bond acceptors (Lipinski definition) is 5. The molecule has 4 N–H and O–H groups in total. The van der Waals surface area contributed by atoms with Crippen molar-refractivity contribution in [3.63, 3.8) is 0 Å². The molecule has 2 aromatic rings. The number of primary amides is 1. The van der Waals surface area contributed by atoms with Crippen LogP contribution >= 0.6 is 37.2 Å². The number of anilines is 1. The van der Waals surface area contributed by atoms with Crippen molar-refractivity contribution in [2.45, 2.75) is 26.3 Å². The number of piperazine rings is 1. The van der Waals surface area contributed by atoms with Crippen molar-refractivity contribution in [3.05, 3.63) is 59.4 Å². The molecule has 32 heavy (non-hydrogen) atoms. The Balaban J connectivity index is 0.00000320. The van der Waals surface area contributed by atoms with Crippen LogP contribution in [-0.2, 0) is 24.2 Å². The zero-order chi connectivity index (χ0) is 20.8. The van der Waals surface area contributed by atoms with E-state index in [0.717, 1.165) is 66.5 Å². The first kappa shape index (κ1) is 29.7. The van der Waals surface area contributed by atoms with Gasteiger partial charge in [-0.05, 0) is 36.1 Å². The fraction of sp³-hybridized carbons (Fsp3) is 0.381. The van der Waals surface area contributed by atoms with Gasteiger partial charge < -0.3 is 15.5 Å². The van der Waals surface area contributed by atoms with E-state index < -0.39 is 6.03 Å². The molecule has 3 rings (SSSR count). The van der Waals surface area contributed by atoms with Crippen LogP contribution in [0.3, 0.4) is 0 Å². The van der Waals surface area contributed by atoms with Crippen molar-refractivity contribution in [2.75, 3.05) is 31.1 Å². The zero-order valence-corrected chi connectivity index (χ0v) is 20.4. The second kappa shape index (κ2) is 14.0. The smallest absolute Gasteiger partial charge is 0.329 e. The second-order valence-corrected chi connectivity index (χ2v) is 7.29. The number of hydrogen-bond donors (Lipinski definition) is 2. The van der Waals surface area contributed by atoms with Gasteiger partial charge in [0.15, 0.2) is 0 Å². The van der Waals surface area contributed by atoms with E-state index in [4.69, 9.17) is 11.6 Å². The number of halogens is 3. The van der Waals surface area contributed by atoms with Gasteiger partial charge in [0.05, 0.1) is 18.4 Å². The summed E-state index contributed by atoms with van der Waals surface area (Å²) in [5.41, 5.74) is 9.39. The number of hydrazine groups is 1. The molecule has 11 heteroatoms. The summed E-state index contributed by atoms with van der Waals surface area (Å²) in [4.78, 5) is 31.3. The molecule has 8 nitrogen and oxygen atoms in total. The molecule has 178 valence electrons. The molecule has 1 aliphatic heterocycles. The minimum absolute atomic E-state index is 0. The van der Waals surface area contributed by atoms with Crippen molar-refractivity contribution in [2.24, 2.45) is 11.6 Å².